The van der Waals surface area contributed by atoms with E-state index in [1.807, 2.05) is 0 Å². The Kier molecular flexibility index (Phi) is 5.61. The number of aliphatic hydroxyl groups is 6. The SMILES string of the molecule is OCC(O)C(O)C1O[C@H](CO)[C@H](O)[C@H](O)[C@H]1S. The van der Waals surface area contributed by atoms with Gasteiger partial charge in [0, 0.05) is 0 Å². The molecule has 0 aromatic carbocycles. The molecule has 1 saturated heterocycles. The second-order valence-corrected chi connectivity index (χ2v) is 4.63. The highest BCUT2D eigenvalue weighted by Gasteiger charge is 2.46. The van der Waals surface area contributed by atoms with Crippen LogP contribution in [-0.2, 0) is 4.74 Å². The Labute approximate surface area is 104 Å². The minimum absolute atomic E-state index is 0.544. The molecule has 0 amide bonds. The molecule has 0 aromatic heterocycles. The summed E-state index contributed by atoms with van der Waals surface area (Å²) in [5.41, 5.74) is 0. The molecule has 6 N–H and O–H groups in total. The molecular formula is C9H18O7S. The lowest BCUT2D eigenvalue weighted by Crippen LogP contribution is -2.61. The van der Waals surface area contributed by atoms with E-state index in [2.05, 4.69) is 12.6 Å². The smallest absolute Gasteiger partial charge is 0.109 e. The molecular weight excluding hydrogens is 252 g/mol. The second-order valence-electron chi connectivity index (χ2n) is 4.03. The van der Waals surface area contributed by atoms with Crippen LogP contribution in [0.4, 0.5) is 0 Å². The van der Waals surface area contributed by atoms with Crippen LogP contribution in [0.5, 0.6) is 0 Å². The van der Waals surface area contributed by atoms with Gasteiger partial charge in [0.1, 0.15) is 30.5 Å². The van der Waals surface area contributed by atoms with Gasteiger partial charge in [-0.15, -0.1) is 0 Å². The monoisotopic (exact) mass is 270 g/mol. The molecule has 0 spiro atoms. The summed E-state index contributed by atoms with van der Waals surface area (Å²) < 4.78 is 5.16. The van der Waals surface area contributed by atoms with Gasteiger partial charge in [-0.1, -0.05) is 0 Å². The van der Waals surface area contributed by atoms with Gasteiger partial charge in [0.15, 0.2) is 0 Å². The topological polar surface area (TPSA) is 131 Å². The quantitative estimate of drug-likeness (QED) is 0.264. The van der Waals surface area contributed by atoms with Crippen molar-refractivity contribution in [2.45, 2.75) is 41.9 Å². The molecule has 7 atom stereocenters. The average Bonchev–Trinajstić information content (AvgIpc) is 2.34. The standard InChI is InChI=1S/C9H18O7S/c10-1-3(12)5(13)8-9(17)7(15)6(14)4(2-11)16-8/h3-15,17H,1-2H2/t3?,4-,5?,6+,7+,8?,9-/m1/s1. The molecule has 0 aromatic rings. The van der Waals surface area contributed by atoms with Gasteiger partial charge in [-0.05, 0) is 0 Å². The first-order valence-electron chi connectivity index (χ1n) is 5.21. The Morgan fingerprint density at radius 1 is 1.12 bits per heavy atom. The molecule has 1 fully saturated rings. The molecule has 0 saturated carbocycles. The maximum atomic E-state index is 9.67. The van der Waals surface area contributed by atoms with Crippen LogP contribution in [0.15, 0.2) is 0 Å². The Balaban J connectivity index is 2.78. The zero-order valence-corrected chi connectivity index (χ0v) is 9.89. The number of aliphatic hydroxyl groups excluding tert-OH is 6. The van der Waals surface area contributed by atoms with Gasteiger partial charge < -0.3 is 35.4 Å². The van der Waals surface area contributed by atoms with Crippen LogP contribution in [0.25, 0.3) is 0 Å². The number of ether oxygens (including phenoxy) is 1. The predicted octanol–water partition coefficient (Wildman–Crippen LogP) is -3.52. The van der Waals surface area contributed by atoms with Crippen molar-refractivity contribution < 1.29 is 35.4 Å². The van der Waals surface area contributed by atoms with Crippen LogP contribution >= 0.6 is 12.6 Å². The number of rotatable bonds is 4. The van der Waals surface area contributed by atoms with Crippen molar-refractivity contribution in [2.24, 2.45) is 0 Å². The summed E-state index contributed by atoms with van der Waals surface area (Å²) in [5.74, 6) is 0. The van der Waals surface area contributed by atoms with Crippen molar-refractivity contribution in [1.29, 1.82) is 0 Å². The summed E-state index contributed by atoms with van der Waals surface area (Å²) in [5, 5.41) is 54.9. The maximum absolute atomic E-state index is 9.67. The Bertz CT molecular complexity index is 235. The lowest BCUT2D eigenvalue weighted by Gasteiger charge is -2.42. The largest absolute Gasteiger partial charge is 0.394 e. The first-order chi connectivity index (χ1) is 7.93. The zero-order valence-electron chi connectivity index (χ0n) is 8.99. The van der Waals surface area contributed by atoms with E-state index in [-0.39, 0.29) is 0 Å². The summed E-state index contributed by atoms with van der Waals surface area (Å²) in [6.45, 7) is -1.22. The van der Waals surface area contributed by atoms with Crippen LogP contribution in [0.2, 0.25) is 0 Å². The van der Waals surface area contributed by atoms with E-state index in [0.717, 1.165) is 0 Å². The predicted molar refractivity (Wildman–Crippen MR) is 59.6 cm³/mol. The first-order valence-corrected chi connectivity index (χ1v) is 5.73. The fraction of sp³-hybridized carbons (Fsp3) is 1.00. The molecule has 1 heterocycles. The highest BCUT2D eigenvalue weighted by Crippen LogP contribution is 2.27. The van der Waals surface area contributed by atoms with E-state index in [1.165, 1.54) is 0 Å². The fourth-order valence-electron chi connectivity index (χ4n) is 1.74. The van der Waals surface area contributed by atoms with E-state index < -0.39 is 55.1 Å². The van der Waals surface area contributed by atoms with Crippen LogP contribution in [0.3, 0.4) is 0 Å². The van der Waals surface area contributed by atoms with Crippen LogP contribution in [0, 0.1) is 0 Å². The minimum atomic E-state index is -1.47. The maximum Gasteiger partial charge on any atom is 0.109 e. The van der Waals surface area contributed by atoms with Crippen molar-refractivity contribution in [2.75, 3.05) is 13.2 Å². The summed E-state index contributed by atoms with van der Waals surface area (Å²) in [6, 6.07) is 0. The lowest BCUT2D eigenvalue weighted by molar-refractivity contribution is -0.210. The average molecular weight is 270 g/mol. The van der Waals surface area contributed by atoms with Crippen LogP contribution in [0.1, 0.15) is 0 Å². The molecule has 17 heavy (non-hydrogen) atoms. The highest BCUT2D eigenvalue weighted by molar-refractivity contribution is 7.81. The number of hydrogen-bond acceptors (Lipinski definition) is 8. The molecule has 1 rings (SSSR count). The van der Waals surface area contributed by atoms with E-state index in [0.29, 0.717) is 0 Å². The van der Waals surface area contributed by atoms with Crippen molar-refractivity contribution in [3.63, 3.8) is 0 Å². The van der Waals surface area contributed by atoms with Gasteiger partial charge in [0.2, 0.25) is 0 Å². The normalized spacial score (nSPS) is 42.2. The third-order valence-corrected chi connectivity index (χ3v) is 3.45. The van der Waals surface area contributed by atoms with Gasteiger partial charge in [-0.2, -0.15) is 12.6 Å². The Morgan fingerprint density at radius 2 is 1.71 bits per heavy atom. The molecule has 102 valence electrons. The molecule has 3 unspecified atom stereocenters. The lowest BCUT2D eigenvalue weighted by atomic mass is 9.93. The Hall–Kier alpha value is 0.0700. The van der Waals surface area contributed by atoms with E-state index in [4.69, 9.17) is 14.9 Å². The molecule has 0 radical (unpaired) electrons. The number of hydrogen-bond donors (Lipinski definition) is 7. The van der Waals surface area contributed by atoms with Crippen LogP contribution < -0.4 is 0 Å². The molecule has 0 bridgehead atoms. The number of thiol groups is 1. The second kappa shape index (κ2) is 6.30. The molecule has 0 aliphatic carbocycles. The van der Waals surface area contributed by atoms with Crippen molar-refractivity contribution >= 4 is 12.6 Å². The third kappa shape index (κ3) is 3.09. The van der Waals surface area contributed by atoms with Gasteiger partial charge in [0.05, 0.1) is 24.6 Å². The van der Waals surface area contributed by atoms with Gasteiger partial charge in [0.25, 0.3) is 0 Å². The fourth-order valence-corrected chi connectivity index (χ4v) is 2.16. The van der Waals surface area contributed by atoms with Gasteiger partial charge in [-0.25, -0.2) is 0 Å². The molecule has 7 nitrogen and oxygen atoms in total. The van der Waals surface area contributed by atoms with E-state index in [9.17, 15) is 20.4 Å². The van der Waals surface area contributed by atoms with Gasteiger partial charge in [-0.3, -0.25) is 0 Å². The molecule has 8 heteroatoms. The summed E-state index contributed by atoms with van der Waals surface area (Å²) in [6.07, 6.45) is -7.72. The van der Waals surface area contributed by atoms with Crippen LogP contribution in [-0.4, -0.2) is 85.7 Å². The van der Waals surface area contributed by atoms with Crippen molar-refractivity contribution in [1.82, 2.24) is 0 Å². The van der Waals surface area contributed by atoms with E-state index in [1.54, 1.807) is 0 Å². The van der Waals surface area contributed by atoms with Crippen molar-refractivity contribution in [3.8, 4) is 0 Å². The minimum Gasteiger partial charge on any atom is -0.394 e. The zero-order chi connectivity index (χ0) is 13.2. The highest BCUT2D eigenvalue weighted by atomic mass is 32.1. The first kappa shape index (κ1) is 15.1. The summed E-state index contributed by atoms with van der Waals surface area (Å²) >= 11 is 3.99. The van der Waals surface area contributed by atoms with Gasteiger partial charge >= 0.3 is 0 Å². The van der Waals surface area contributed by atoms with E-state index >= 15 is 0 Å². The molecule has 1 aliphatic rings. The molecule has 1 aliphatic heterocycles. The van der Waals surface area contributed by atoms with Crippen molar-refractivity contribution in [3.05, 3.63) is 0 Å². The third-order valence-electron chi connectivity index (χ3n) is 2.85. The summed E-state index contributed by atoms with van der Waals surface area (Å²) in [7, 11) is 0. The summed E-state index contributed by atoms with van der Waals surface area (Å²) in [4.78, 5) is 0. The Morgan fingerprint density at radius 3 is 2.18 bits per heavy atom.